The van der Waals surface area contributed by atoms with Gasteiger partial charge in [0.2, 0.25) is 5.91 Å². The lowest BCUT2D eigenvalue weighted by Crippen LogP contribution is -2.30. The van der Waals surface area contributed by atoms with Crippen LogP contribution in [-0.2, 0) is 16.1 Å². The molecule has 100 valence electrons. The lowest BCUT2D eigenvalue weighted by Gasteiger charge is -2.06. The SMILES string of the molecule is COCCNC(=O)CCNCc1ccc(C)cn1. The summed E-state index contributed by atoms with van der Waals surface area (Å²) in [7, 11) is 1.61. The van der Waals surface area contributed by atoms with Crippen LogP contribution >= 0.6 is 0 Å². The van der Waals surface area contributed by atoms with E-state index in [4.69, 9.17) is 4.74 Å². The van der Waals surface area contributed by atoms with Crippen molar-refractivity contribution in [3.63, 3.8) is 0 Å². The van der Waals surface area contributed by atoms with Gasteiger partial charge in [-0.25, -0.2) is 0 Å². The zero-order valence-corrected chi connectivity index (χ0v) is 11.0. The topological polar surface area (TPSA) is 63.2 Å². The number of hydrogen-bond acceptors (Lipinski definition) is 4. The van der Waals surface area contributed by atoms with Crippen molar-refractivity contribution in [3.05, 3.63) is 29.6 Å². The van der Waals surface area contributed by atoms with Gasteiger partial charge in [-0.05, 0) is 18.6 Å². The van der Waals surface area contributed by atoms with Gasteiger partial charge in [-0.3, -0.25) is 9.78 Å². The van der Waals surface area contributed by atoms with Gasteiger partial charge in [0, 0.05) is 39.4 Å². The molecule has 0 aromatic carbocycles. The number of nitrogens with zero attached hydrogens (tertiary/aromatic N) is 1. The van der Waals surface area contributed by atoms with E-state index in [9.17, 15) is 4.79 Å². The minimum atomic E-state index is 0.0383. The Balaban J connectivity index is 2.07. The standard InChI is InChI=1S/C13H21N3O2/c1-11-3-4-12(16-9-11)10-14-6-5-13(17)15-7-8-18-2/h3-4,9,14H,5-8,10H2,1-2H3,(H,15,17). The molecule has 1 aromatic heterocycles. The summed E-state index contributed by atoms with van der Waals surface area (Å²) in [6.45, 7) is 4.45. The van der Waals surface area contributed by atoms with Crippen LogP contribution in [-0.4, -0.2) is 37.7 Å². The van der Waals surface area contributed by atoms with Gasteiger partial charge in [-0.1, -0.05) is 6.07 Å². The van der Waals surface area contributed by atoms with Crippen LogP contribution in [0.25, 0.3) is 0 Å². The zero-order chi connectivity index (χ0) is 13.2. The molecule has 0 atom stereocenters. The Labute approximate surface area is 108 Å². The maximum atomic E-state index is 11.4. The second-order valence-electron chi connectivity index (χ2n) is 4.10. The van der Waals surface area contributed by atoms with Crippen LogP contribution in [0.3, 0.4) is 0 Å². The van der Waals surface area contributed by atoms with Crippen LogP contribution < -0.4 is 10.6 Å². The number of nitrogens with one attached hydrogen (secondary N) is 2. The molecular weight excluding hydrogens is 230 g/mol. The first kappa shape index (κ1) is 14.6. The summed E-state index contributed by atoms with van der Waals surface area (Å²) in [5, 5.41) is 5.96. The van der Waals surface area contributed by atoms with Crippen LogP contribution in [0, 0.1) is 6.92 Å². The van der Waals surface area contributed by atoms with E-state index in [2.05, 4.69) is 15.6 Å². The van der Waals surface area contributed by atoms with Crippen molar-refractivity contribution in [1.29, 1.82) is 0 Å². The van der Waals surface area contributed by atoms with Crippen LogP contribution in [0.4, 0.5) is 0 Å². The third kappa shape index (κ3) is 6.32. The van der Waals surface area contributed by atoms with Crippen LogP contribution in [0.2, 0.25) is 0 Å². The second kappa shape index (κ2) is 8.60. The molecule has 1 aromatic rings. The number of pyridine rings is 1. The number of carbonyl (C=O) groups is 1. The van der Waals surface area contributed by atoms with Crippen LogP contribution in [0.1, 0.15) is 17.7 Å². The third-order valence-corrected chi connectivity index (χ3v) is 2.44. The Morgan fingerprint density at radius 2 is 2.22 bits per heavy atom. The molecule has 0 saturated carbocycles. The molecule has 0 unspecified atom stereocenters. The Hall–Kier alpha value is -1.46. The molecule has 5 nitrogen and oxygen atoms in total. The smallest absolute Gasteiger partial charge is 0.221 e. The molecule has 2 N–H and O–H groups in total. The first-order valence-corrected chi connectivity index (χ1v) is 6.10. The van der Waals surface area contributed by atoms with Crippen molar-refractivity contribution in [1.82, 2.24) is 15.6 Å². The third-order valence-electron chi connectivity index (χ3n) is 2.44. The number of carbonyl (C=O) groups excluding carboxylic acids is 1. The van der Waals surface area contributed by atoms with Crippen molar-refractivity contribution < 1.29 is 9.53 Å². The number of hydrogen-bond donors (Lipinski definition) is 2. The summed E-state index contributed by atoms with van der Waals surface area (Å²) >= 11 is 0. The van der Waals surface area contributed by atoms with E-state index < -0.39 is 0 Å². The molecule has 1 rings (SSSR count). The van der Waals surface area contributed by atoms with E-state index in [1.165, 1.54) is 0 Å². The molecule has 0 saturated heterocycles. The second-order valence-corrected chi connectivity index (χ2v) is 4.10. The van der Waals surface area contributed by atoms with Gasteiger partial charge in [0.25, 0.3) is 0 Å². The van der Waals surface area contributed by atoms with Gasteiger partial charge >= 0.3 is 0 Å². The van der Waals surface area contributed by atoms with Crippen molar-refractivity contribution >= 4 is 5.91 Å². The Morgan fingerprint density at radius 3 is 2.89 bits per heavy atom. The van der Waals surface area contributed by atoms with Gasteiger partial charge in [-0.2, -0.15) is 0 Å². The average Bonchev–Trinajstić information content (AvgIpc) is 2.37. The maximum Gasteiger partial charge on any atom is 0.221 e. The highest BCUT2D eigenvalue weighted by atomic mass is 16.5. The monoisotopic (exact) mass is 251 g/mol. The predicted molar refractivity (Wildman–Crippen MR) is 70.2 cm³/mol. The number of aryl methyl sites for hydroxylation is 1. The van der Waals surface area contributed by atoms with E-state index in [1.54, 1.807) is 7.11 Å². The van der Waals surface area contributed by atoms with Crippen molar-refractivity contribution in [3.8, 4) is 0 Å². The Kier molecular flexibility index (Phi) is 6.98. The number of rotatable bonds is 8. The molecular formula is C13H21N3O2. The van der Waals surface area contributed by atoms with Crippen molar-refractivity contribution in [2.24, 2.45) is 0 Å². The maximum absolute atomic E-state index is 11.4. The predicted octanol–water partition coefficient (Wildman–Crippen LogP) is 0.632. The zero-order valence-electron chi connectivity index (χ0n) is 11.0. The summed E-state index contributed by atoms with van der Waals surface area (Å²) in [6, 6.07) is 4.02. The fourth-order valence-electron chi connectivity index (χ4n) is 1.40. The van der Waals surface area contributed by atoms with Crippen LogP contribution in [0.5, 0.6) is 0 Å². The first-order valence-electron chi connectivity index (χ1n) is 6.10. The van der Waals surface area contributed by atoms with Gasteiger partial charge in [-0.15, -0.1) is 0 Å². The average molecular weight is 251 g/mol. The first-order chi connectivity index (χ1) is 8.72. The van der Waals surface area contributed by atoms with Crippen LogP contribution in [0.15, 0.2) is 18.3 Å². The van der Waals surface area contributed by atoms with Gasteiger partial charge in [0.05, 0.1) is 12.3 Å². The van der Waals surface area contributed by atoms with E-state index in [0.717, 1.165) is 11.3 Å². The van der Waals surface area contributed by atoms with E-state index >= 15 is 0 Å². The fraction of sp³-hybridized carbons (Fsp3) is 0.538. The molecule has 0 spiro atoms. The summed E-state index contributed by atoms with van der Waals surface area (Å²) < 4.78 is 4.85. The molecule has 0 fully saturated rings. The molecule has 0 aliphatic rings. The minimum absolute atomic E-state index is 0.0383. The minimum Gasteiger partial charge on any atom is -0.383 e. The molecule has 1 heterocycles. The van der Waals surface area contributed by atoms with E-state index in [0.29, 0.717) is 32.7 Å². The van der Waals surface area contributed by atoms with Crippen molar-refractivity contribution in [2.75, 3.05) is 26.8 Å². The molecule has 0 radical (unpaired) electrons. The van der Waals surface area contributed by atoms with E-state index in [-0.39, 0.29) is 5.91 Å². The molecule has 18 heavy (non-hydrogen) atoms. The molecule has 5 heteroatoms. The van der Waals surface area contributed by atoms with Crippen molar-refractivity contribution in [2.45, 2.75) is 19.9 Å². The highest BCUT2D eigenvalue weighted by Crippen LogP contribution is 1.97. The van der Waals surface area contributed by atoms with Gasteiger partial charge in [0.15, 0.2) is 0 Å². The lowest BCUT2D eigenvalue weighted by atomic mass is 10.3. The molecule has 0 aliphatic heterocycles. The summed E-state index contributed by atoms with van der Waals surface area (Å²) in [6.07, 6.45) is 2.31. The lowest BCUT2D eigenvalue weighted by molar-refractivity contribution is -0.121. The largest absolute Gasteiger partial charge is 0.383 e. The number of methoxy groups -OCH3 is 1. The normalized spacial score (nSPS) is 10.3. The number of ether oxygens (including phenoxy) is 1. The van der Waals surface area contributed by atoms with Gasteiger partial charge < -0.3 is 15.4 Å². The summed E-state index contributed by atoms with van der Waals surface area (Å²) in [4.78, 5) is 15.6. The molecule has 0 bridgehead atoms. The molecule has 0 aliphatic carbocycles. The highest BCUT2D eigenvalue weighted by Gasteiger charge is 2.00. The summed E-state index contributed by atoms with van der Waals surface area (Å²) in [5.41, 5.74) is 2.14. The Bertz CT molecular complexity index is 352. The van der Waals surface area contributed by atoms with E-state index in [1.807, 2.05) is 25.3 Å². The fourth-order valence-corrected chi connectivity index (χ4v) is 1.40. The number of amides is 1. The summed E-state index contributed by atoms with van der Waals surface area (Å²) in [5.74, 6) is 0.0383. The quantitative estimate of drug-likeness (QED) is 0.665. The number of aromatic nitrogens is 1. The Morgan fingerprint density at radius 1 is 1.39 bits per heavy atom. The van der Waals surface area contributed by atoms with Gasteiger partial charge in [0.1, 0.15) is 0 Å². The highest BCUT2D eigenvalue weighted by molar-refractivity contribution is 5.75. The molecule has 1 amide bonds.